The number of amides is 1. The highest BCUT2D eigenvalue weighted by atomic mass is 16.6. The third-order valence-electron chi connectivity index (χ3n) is 4.95. The number of benzene rings is 1. The Kier molecular flexibility index (Phi) is 2.96. The fourth-order valence-electron chi connectivity index (χ4n) is 3.60. The van der Waals surface area contributed by atoms with Crippen LogP contribution in [-0.2, 0) is 4.74 Å². The Labute approximate surface area is 129 Å². The monoisotopic (exact) mass is 297 g/mol. The van der Waals surface area contributed by atoms with Crippen molar-refractivity contribution in [2.24, 2.45) is 0 Å². The Bertz CT molecular complexity index is 727. The van der Waals surface area contributed by atoms with Crippen LogP contribution in [0.25, 0.3) is 10.8 Å². The van der Waals surface area contributed by atoms with Gasteiger partial charge in [0.2, 0.25) is 0 Å². The van der Waals surface area contributed by atoms with Crippen LogP contribution in [0.4, 0.5) is 10.6 Å². The standard InChI is InChI=1S/C17H19N3O2/c1-2-17-11-19(9-10-20(17)16(21)22-12-17)15-14-6-4-3-5-13(14)7-8-18-15/h3-8H,2,9-12H2,1H3. The van der Waals surface area contributed by atoms with Gasteiger partial charge in [0.1, 0.15) is 12.4 Å². The quantitative estimate of drug-likeness (QED) is 0.855. The lowest BCUT2D eigenvalue weighted by Gasteiger charge is -2.44. The highest BCUT2D eigenvalue weighted by Gasteiger charge is 2.49. The second kappa shape index (κ2) is 4.87. The van der Waals surface area contributed by atoms with Gasteiger partial charge >= 0.3 is 6.09 Å². The minimum absolute atomic E-state index is 0.174. The summed E-state index contributed by atoms with van der Waals surface area (Å²) >= 11 is 0. The molecular weight excluding hydrogens is 278 g/mol. The maximum absolute atomic E-state index is 11.9. The minimum atomic E-state index is -0.214. The summed E-state index contributed by atoms with van der Waals surface area (Å²) in [5.41, 5.74) is -0.214. The lowest BCUT2D eigenvalue weighted by atomic mass is 9.92. The Morgan fingerprint density at radius 1 is 1.27 bits per heavy atom. The molecule has 0 saturated carbocycles. The third kappa shape index (κ3) is 1.85. The summed E-state index contributed by atoms with van der Waals surface area (Å²) in [6.07, 6.45) is 2.58. The van der Waals surface area contributed by atoms with Crippen molar-refractivity contribution < 1.29 is 9.53 Å². The van der Waals surface area contributed by atoms with Gasteiger partial charge in [-0.1, -0.05) is 31.2 Å². The minimum Gasteiger partial charge on any atom is -0.447 e. The maximum Gasteiger partial charge on any atom is 0.410 e. The highest BCUT2D eigenvalue weighted by molar-refractivity contribution is 5.92. The molecule has 1 aromatic carbocycles. The van der Waals surface area contributed by atoms with Gasteiger partial charge in [-0.2, -0.15) is 0 Å². The molecule has 5 heteroatoms. The molecule has 0 radical (unpaired) electrons. The molecule has 1 atom stereocenters. The van der Waals surface area contributed by atoms with Crippen molar-refractivity contribution in [1.29, 1.82) is 0 Å². The topological polar surface area (TPSA) is 45.7 Å². The number of carbonyl (C=O) groups excluding carboxylic acids is 1. The van der Waals surface area contributed by atoms with Crippen LogP contribution in [0.5, 0.6) is 0 Å². The van der Waals surface area contributed by atoms with Crippen LogP contribution in [0.15, 0.2) is 36.5 Å². The normalized spacial score (nSPS) is 24.5. The predicted molar refractivity (Wildman–Crippen MR) is 85.0 cm³/mol. The van der Waals surface area contributed by atoms with Gasteiger partial charge in [-0.3, -0.25) is 4.90 Å². The van der Waals surface area contributed by atoms with E-state index in [0.29, 0.717) is 13.2 Å². The second-order valence-corrected chi connectivity index (χ2v) is 6.06. The molecule has 1 aromatic heterocycles. The molecule has 2 aromatic rings. The van der Waals surface area contributed by atoms with Crippen LogP contribution in [0.3, 0.4) is 0 Å². The molecule has 0 N–H and O–H groups in total. The molecule has 3 heterocycles. The summed E-state index contributed by atoms with van der Waals surface area (Å²) in [7, 11) is 0. The van der Waals surface area contributed by atoms with Crippen LogP contribution in [-0.4, -0.2) is 47.8 Å². The summed E-state index contributed by atoms with van der Waals surface area (Å²) in [4.78, 5) is 20.7. The first-order valence-corrected chi connectivity index (χ1v) is 7.77. The van der Waals surface area contributed by atoms with Gasteiger partial charge in [0.25, 0.3) is 0 Å². The van der Waals surface area contributed by atoms with Gasteiger partial charge in [0, 0.05) is 31.2 Å². The van der Waals surface area contributed by atoms with E-state index in [9.17, 15) is 4.79 Å². The number of pyridine rings is 1. The largest absolute Gasteiger partial charge is 0.447 e. The maximum atomic E-state index is 11.9. The SMILES string of the molecule is CCC12COC(=O)N1CCN(c1nccc3ccccc13)C2. The van der Waals surface area contributed by atoms with E-state index in [0.717, 1.165) is 30.7 Å². The molecule has 4 rings (SSSR count). The zero-order valence-corrected chi connectivity index (χ0v) is 12.7. The Balaban J connectivity index is 1.73. The third-order valence-corrected chi connectivity index (χ3v) is 4.95. The molecule has 2 saturated heterocycles. The van der Waals surface area contributed by atoms with Crippen LogP contribution < -0.4 is 4.90 Å². The lowest BCUT2D eigenvalue weighted by molar-refractivity contribution is 0.137. The number of nitrogens with zero attached hydrogens (tertiary/aromatic N) is 3. The van der Waals surface area contributed by atoms with Crippen molar-refractivity contribution in [3.63, 3.8) is 0 Å². The van der Waals surface area contributed by atoms with Gasteiger partial charge in [-0.15, -0.1) is 0 Å². The lowest BCUT2D eigenvalue weighted by Crippen LogP contribution is -2.61. The van der Waals surface area contributed by atoms with E-state index < -0.39 is 0 Å². The average Bonchev–Trinajstić information content (AvgIpc) is 2.91. The molecule has 2 aliphatic rings. The molecule has 114 valence electrons. The first-order chi connectivity index (χ1) is 10.7. The Hall–Kier alpha value is -2.30. The molecule has 0 aliphatic carbocycles. The van der Waals surface area contributed by atoms with E-state index in [4.69, 9.17) is 4.74 Å². The van der Waals surface area contributed by atoms with Crippen LogP contribution in [0, 0.1) is 0 Å². The van der Waals surface area contributed by atoms with E-state index in [2.05, 4.69) is 28.9 Å². The number of ether oxygens (including phenoxy) is 1. The molecular formula is C17H19N3O2. The van der Waals surface area contributed by atoms with Crippen molar-refractivity contribution in [3.05, 3.63) is 36.5 Å². The van der Waals surface area contributed by atoms with Gasteiger partial charge < -0.3 is 9.64 Å². The van der Waals surface area contributed by atoms with E-state index in [1.54, 1.807) is 0 Å². The van der Waals surface area contributed by atoms with Gasteiger partial charge in [-0.25, -0.2) is 9.78 Å². The smallest absolute Gasteiger partial charge is 0.410 e. The number of carbonyl (C=O) groups is 1. The molecule has 2 aliphatic heterocycles. The molecule has 1 amide bonds. The number of hydrogen-bond donors (Lipinski definition) is 0. The fourth-order valence-corrected chi connectivity index (χ4v) is 3.60. The van der Waals surface area contributed by atoms with E-state index >= 15 is 0 Å². The number of anilines is 1. The summed E-state index contributed by atoms with van der Waals surface area (Å²) in [6.45, 7) is 4.85. The first-order valence-electron chi connectivity index (χ1n) is 7.77. The summed E-state index contributed by atoms with van der Waals surface area (Å²) < 4.78 is 5.31. The second-order valence-electron chi connectivity index (χ2n) is 6.06. The van der Waals surface area contributed by atoms with E-state index in [1.165, 1.54) is 5.39 Å². The number of cyclic esters (lactones) is 1. The highest BCUT2D eigenvalue weighted by Crippen LogP contribution is 2.35. The van der Waals surface area contributed by atoms with Crippen LogP contribution in [0.2, 0.25) is 0 Å². The fraction of sp³-hybridized carbons (Fsp3) is 0.412. The predicted octanol–water partition coefficient (Wildman–Crippen LogP) is 2.66. The first kappa shape index (κ1) is 13.4. The van der Waals surface area contributed by atoms with Gasteiger partial charge in [0.15, 0.2) is 0 Å². The number of hydrogen-bond acceptors (Lipinski definition) is 4. The van der Waals surface area contributed by atoms with E-state index in [1.807, 2.05) is 29.3 Å². The molecule has 1 unspecified atom stereocenters. The Morgan fingerprint density at radius 2 is 2.14 bits per heavy atom. The number of aromatic nitrogens is 1. The van der Waals surface area contributed by atoms with Crippen molar-refractivity contribution in [3.8, 4) is 0 Å². The molecule has 0 bridgehead atoms. The van der Waals surface area contributed by atoms with Gasteiger partial charge in [0.05, 0.1) is 5.54 Å². The zero-order chi connectivity index (χ0) is 15.2. The number of rotatable bonds is 2. The molecule has 0 spiro atoms. The average molecular weight is 297 g/mol. The van der Waals surface area contributed by atoms with Crippen molar-refractivity contribution in [1.82, 2.24) is 9.88 Å². The summed E-state index contributed by atoms with van der Waals surface area (Å²) in [6, 6.07) is 10.3. The number of piperazine rings is 1. The number of fused-ring (bicyclic) bond motifs is 2. The summed E-state index contributed by atoms with van der Waals surface area (Å²) in [5.74, 6) is 1.00. The van der Waals surface area contributed by atoms with Crippen molar-refractivity contribution >= 4 is 22.7 Å². The van der Waals surface area contributed by atoms with Crippen LogP contribution >= 0.6 is 0 Å². The van der Waals surface area contributed by atoms with Crippen molar-refractivity contribution in [2.45, 2.75) is 18.9 Å². The zero-order valence-electron chi connectivity index (χ0n) is 12.7. The molecule has 5 nitrogen and oxygen atoms in total. The molecule has 22 heavy (non-hydrogen) atoms. The van der Waals surface area contributed by atoms with E-state index in [-0.39, 0.29) is 11.6 Å². The van der Waals surface area contributed by atoms with Gasteiger partial charge in [-0.05, 0) is 17.9 Å². The Morgan fingerprint density at radius 3 is 3.00 bits per heavy atom. The van der Waals surface area contributed by atoms with Crippen LogP contribution in [0.1, 0.15) is 13.3 Å². The molecule has 2 fully saturated rings. The van der Waals surface area contributed by atoms with Crippen molar-refractivity contribution in [2.75, 3.05) is 31.1 Å². The summed E-state index contributed by atoms with van der Waals surface area (Å²) in [5, 5.41) is 2.36.